The minimum absolute atomic E-state index is 0.0448. The van der Waals surface area contributed by atoms with Gasteiger partial charge in [-0.15, -0.1) is 0 Å². The molecule has 0 heterocycles. The molecule has 5 heteroatoms. The number of hydrogen-bond donors (Lipinski definition) is 2. The van der Waals surface area contributed by atoms with Gasteiger partial charge >= 0.3 is 5.97 Å². The molecule has 0 aromatic carbocycles. The second-order valence-corrected chi connectivity index (χ2v) is 14.7. The van der Waals surface area contributed by atoms with Crippen molar-refractivity contribution in [2.24, 2.45) is 5.73 Å². The quantitative estimate of drug-likeness (QED) is 0.0503. The number of rotatable bonds is 40. The predicted octanol–water partition coefficient (Wildman–Crippen LogP) is 11.9. The highest BCUT2D eigenvalue weighted by Crippen LogP contribution is 2.18. The summed E-state index contributed by atoms with van der Waals surface area (Å²) in [6, 6.07) is 0. The van der Waals surface area contributed by atoms with Gasteiger partial charge in [-0.2, -0.15) is 0 Å². The molecule has 0 aromatic rings. The van der Waals surface area contributed by atoms with Crippen molar-refractivity contribution in [3.63, 3.8) is 0 Å². The number of hydrogen-bond acceptors (Lipinski definition) is 5. The molecule has 47 heavy (non-hydrogen) atoms. The second kappa shape index (κ2) is 39.8. The maximum Gasteiger partial charge on any atom is 0.306 e. The van der Waals surface area contributed by atoms with Crippen LogP contribution in [0, 0.1) is 0 Å². The second-order valence-electron chi connectivity index (χ2n) is 14.7. The maximum atomic E-state index is 12.6. The Morgan fingerprint density at radius 3 is 1.34 bits per heavy atom. The fraction of sp³-hybridized carbons (Fsp3) is 0.976. The van der Waals surface area contributed by atoms with Crippen molar-refractivity contribution in [1.82, 2.24) is 10.2 Å². The summed E-state index contributed by atoms with van der Waals surface area (Å²) in [4.78, 5) is 15.3. The Hall–Kier alpha value is -0.650. The smallest absolute Gasteiger partial charge is 0.306 e. The molecule has 0 aliphatic rings. The monoisotopic (exact) mass is 666 g/mol. The van der Waals surface area contributed by atoms with E-state index in [1.807, 2.05) is 0 Å². The zero-order valence-electron chi connectivity index (χ0n) is 32.6. The van der Waals surface area contributed by atoms with Crippen LogP contribution in [0.4, 0.5) is 0 Å². The fourth-order valence-corrected chi connectivity index (χ4v) is 6.75. The lowest BCUT2D eigenvalue weighted by Gasteiger charge is -2.22. The molecular weight excluding hydrogens is 578 g/mol. The van der Waals surface area contributed by atoms with Gasteiger partial charge in [0, 0.05) is 32.6 Å². The van der Waals surface area contributed by atoms with E-state index in [4.69, 9.17) is 10.5 Å². The first kappa shape index (κ1) is 46.4. The van der Waals surface area contributed by atoms with Crippen molar-refractivity contribution in [3.05, 3.63) is 0 Å². The minimum Gasteiger partial charge on any atom is -0.462 e. The maximum absolute atomic E-state index is 12.6. The first-order chi connectivity index (χ1) is 23.2. The summed E-state index contributed by atoms with van der Waals surface area (Å²) < 4.78 is 5.99. The van der Waals surface area contributed by atoms with Gasteiger partial charge in [0.05, 0.1) is 0 Å². The van der Waals surface area contributed by atoms with Gasteiger partial charge in [0.1, 0.15) is 6.10 Å². The third kappa shape index (κ3) is 36.5. The van der Waals surface area contributed by atoms with E-state index >= 15 is 0 Å². The molecule has 282 valence electrons. The largest absolute Gasteiger partial charge is 0.462 e. The molecule has 5 nitrogen and oxygen atoms in total. The van der Waals surface area contributed by atoms with Crippen LogP contribution in [0.25, 0.3) is 0 Å². The Kier molecular flexibility index (Phi) is 39.2. The van der Waals surface area contributed by atoms with Crippen LogP contribution in [0.1, 0.15) is 220 Å². The third-order valence-corrected chi connectivity index (χ3v) is 9.92. The average Bonchev–Trinajstić information content (AvgIpc) is 3.07. The van der Waals surface area contributed by atoms with Crippen molar-refractivity contribution >= 4 is 5.97 Å². The van der Waals surface area contributed by atoms with Crippen molar-refractivity contribution in [1.29, 1.82) is 0 Å². The van der Waals surface area contributed by atoms with Gasteiger partial charge < -0.3 is 20.7 Å². The van der Waals surface area contributed by atoms with Gasteiger partial charge in [-0.3, -0.25) is 4.79 Å². The van der Waals surface area contributed by atoms with Crippen LogP contribution >= 0.6 is 0 Å². The summed E-state index contributed by atoms with van der Waals surface area (Å²) in [5.74, 6) is 0.0448. The van der Waals surface area contributed by atoms with Crippen LogP contribution < -0.4 is 11.1 Å². The van der Waals surface area contributed by atoms with Crippen molar-refractivity contribution in [2.45, 2.75) is 226 Å². The van der Waals surface area contributed by atoms with E-state index in [-0.39, 0.29) is 12.1 Å². The number of nitrogens with two attached hydrogens (primary N) is 1. The van der Waals surface area contributed by atoms with E-state index in [0.717, 1.165) is 45.3 Å². The minimum atomic E-state index is 0.0448. The lowest BCUT2D eigenvalue weighted by molar-refractivity contribution is -0.150. The Bertz CT molecular complexity index is 602. The van der Waals surface area contributed by atoms with E-state index < -0.39 is 0 Å². The Morgan fingerprint density at radius 1 is 0.511 bits per heavy atom. The van der Waals surface area contributed by atoms with E-state index in [1.165, 1.54) is 180 Å². The molecule has 1 unspecified atom stereocenters. The van der Waals surface area contributed by atoms with E-state index in [2.05, 4.69) is 31.0 Å². The van der Waals surface area contributed by atoms with Crippen LogP contribution in [-0.2, 0) is 9.53 Å². The summed E-state index contributed by atoms with van der Waals surface area (Å²) in [6.07, 6.45) is 40.0. The van der Waals surface area contributed by atoms with E-state index in [0.29, 0.717) is 13.0 Å². The zero-order chi connectivity index (χ0) is 34.3. The normalized spacial score (nSPS) is 12.3. The molecule has 0 bridgehead atoms. The van der Waals surface area contributed by atoms with Gasteiger partial charge in [-0.1, -0.05) is 168 Å². The number of ether oxygens (including phenoxy) is 1. The highest BCUT2D eigenvalue weighted by Gasteiger charge is 2.14. The van der Waals surface area contributed by atoms with Gasteiger partial charge in [-0.25, -0.2) is 0 Å². The molecule has 0 spiro atoms. The van der Waals surface area contributed by atoms with Crippen LogP contribution in [-0.4, -0.2) is 56.2 Å². The molecule has 0 fully saturated rings. The summed E-state index contributed by atoms with van der Waals surface area (Å²) >= 11 is 0. The standard InChI is InChI=1S/C42H87N3O2/c1-4-7-10-13-14-15-16-17-18-19-20-21-25-30-38-45(40-37-44-36-35-43)39-31-26-22-24-29-34-42(46)47-41(32-27-12-9-6-3)33-28-23-11-8-5-2/h41,44H,4-40,43H2,1-3H3. The van der Waals surface area contributed by atoms with Gasteiger partial charge in [-0.05, 0) is 58.0 Å². The van der Waals surface area contributed by atoms with Gasteiger partial charge in [0.25, 0.3) is 0 Å². The molecular formula is C42H87N3O2. The Morgan fingerprint density at radius 2 is 0.894 bits per heavy atom. The summed E-state index contributed by atoms with van der Waals surface area (Å²) in [6.45, 7) is 13.0. The summed E-state index contributed by atoms with van der Waals surface area (Å²) in [5, 5.41) is 3.48. The molecule has 0 saturated heterocycles. The molecule has 0 rings (SSSR count). The van der Waals surface area contributed by atoms with Crippen LogP contribution in [0.3, 0.4) is 0 Å². The molecule has 0 amide bonds. The first-order valence-corrected chi connectivity index (χ1v) is 21.5. The van der Waals surface area contributed by atoms with Crippen LogP contribution in [0.5, 0.6) is 0 Å². The fourth-order valence-electron chi connectivity index (χ4n) is 6.75. The Balaban J connectivity index is 4.04. The van der Waals surface area contributed by atoms with Gasteiger partial charge in [0.15, 0.2) is 0 Å². The lowest BCUT2D eigenvalue weighted by atomic mass is 10.0. The number of carbonyl (C=O) groups excluding carboxylic acids is 1. The highest BCUT2D eigenvalue weighted by atomic mass is 16.5. The first-order valence-electron chi connectivity index (χ1n) is 21.5. The zero-order valence-corrected chi connectivity index (χ0v) is 32.6. The topological polar surface area (TPSA) is 67.6 Å². The van der Waals surface area contributed by atoms with Crippen molar-refractivity contribution < 1.29 is 9.53 Å². The number of carbonyl (C=O) groups is 1. The average molecular weight is 666 g/mol. The number of esters is 1. The van der Waals surface area contributed by atoms with Gasteiger partial charge in [0.2, 0.25) is 0 Å². The molecule has 0 aliphatic carbocycles. The Labute approximate surface area is 296 Å². The molecule has 0 radical (unpaired) electrons. The molecule has 0 saturated carbocycles. The lowest BCUT2D eigenvalue weighted by Crippen LogP contribution is -2.35. The molecule has 0 aromatic heterocycles. The van der Waals surface area contributed by atoms with Crippen molar-refractivity contribution in [3.8, 4) is 0 Å². The third-order valence-electron chi connectivity index (χ3n) is 9.92. The number of nitrogens with zero attached hydrogens (tertiary/aromatic N) is 1. The summed E-state index contributed by atoms with van der Waals surface area (Å²) in [5.41, 5.74) is 5.68. The predicted molar refractivity (Wildman–Crippen MR) is 208 cm³/mol. The van der Waals surface area contributed by atoms with E-state index in [9.17, 15) is 4.79 Å². The van der Waals surface area contributed by atoms with Crippen LogP contribution in [0.2, 0.25) is 0 Å². The summed E-state index contributed by atoms with van der Waals surface area (Å²) in [7, 11) is 0. The number of unbranched alkanes of at least 4 members (excludes halogenated alkanes) is 24. The van der Waals surface area contributed by atoms with E-state index in [1.54, 1.807) is 0 Å². The molecule has 0 aliphatic heterocycles. The molecule has 1 atom stereocenters. The SMILES string of the molecule is CCCCCCCCCCCCCCCCN(CCCCCCCC(=O)OC(CCCCCC)CCCCCCC)CCNCCN. The highest BCUT2D eigenvalue weighted by molar-refractivity contribution is 5.69. The van der Waals surface area contributed by atoms with Crippen LogP contribution in [0.15, 0.2) is 0 Å². The number of nitrogens with one attached hydrogen (secondary N) is 1. The molecule has 3 N–H and O–H groups in total. The van der Waals surface area contributed by atoms with Crippen molar-refractivity contribution in [2.75, 3.05) is 39.3 Å².